The first kappa shape index (κ1) is 21.2. The molecule has 0 aliphatic heterocycles. The van der Waals surface area contributed by atoms with Crippen LogP contribution < -0.4 is 0 Å². The second-order valence-corrected chi connectivity index (χ2v) is 6.99. The summed E-state index contributed by atoms with van der Waals surface area (Å²) < 4.78 is 13.3. The zero-order chi connectivity index (χ0) is 20.5. The number of benzene rings is 2. The molecule has 0 fully saturated rings. The lowest BCUT2D eigenvalue weighted by Crippen LogP contribution is -1.93. The minimum atomic E-state index is -0.188. The van der Waals surface area contributed by atoms with Gasteiger partial charge in [-0.25, -0.2) is 4.39 Å². The van der Waals surface area contributed by atoms with Crippen LogP contribution in [0.5, 0.6) is 0 Å². The molecule has 2 aromatic carbocycles. The third kappa shape index (κ3) is 5.96. The first-order valence-electron chi connectivity index (χ1n) is 9.45. The van der Waals surface area contributed by atoms with Crippen LogP contribution in [0.25, 0.3) is 5.57 Å². The number of halogens is 1. The highest BCUT2D eigenvalue weighted by atomic mass is 19.1. The normalized spacial score (nSPS) is 11.8. The van der Waals surface area contributed by atoms with Gasteiger partial charge < -0.3 is 0 Å². The minimum absolute atomic E-state index is 0.188. The quantitative estimate of drug-likeness (QED) is 0.338. The van der Waals surface area contributed by atoms with Crippen LogP contribution in [0.1, 0.15) is 43.4 Å². The summed E-state index contributed by atoms with van der Waals surface area (Å²) in [5.41, 5.74) is 7.12. The number of hydrogen-bond acceptors (Lipinski definition) is 0. The monoisotopic (exact) mass is 370 g/mol. The van der Waals surface area contributed by atoms with E-state index in [1.165, 1.54) is 6.07 Å². The Bertz CT molecular complexity index is 964. The minimum Gasteiger partial charge on any atom is -0.207 e. The molecule has 0 bridgehead atoms. The van der Waals surface area contributed by atoms with Crippen molar-refractivity contribution in [3.63, 3.8) is 0 Å². The van der Waals surface area contributed by atoms with E-state index >= 15 is 0 Å². The van der Waals surface area contributed by atoms with Crippen molar-refractivity contribution >= 4 is 5.57 Å². The molecular formula is C27H27F. The van der Waals surface area contributed by atoms with Gasteiger partial charge in [-0.1, -0.05) is 67.1 Å². The van der Waals surface area contributed by atoms with Gasteiger partial charge >= 0.3 is 0 Å². The van der Waals surface area contributed by atoms with E-state index < -0.39 is 0 Å². The standard InChI is InChI=1S/C27H27F/c1-6-24-14-7-8-16-27(24)22(5)17-18-26(20(2)3)21(4)11-9-12-23-13-10-15-25(28)19-23/h1,7-8,10,13-19H,2,4,9,11-12H2,3,5H3/b22-17+,26-18-. The second-order valence-electron chi connectivity index (χ2n) is 6.99. The zero-order valence-corrected chi connectivity index (χ0v) is 16.8. The van der Waals surface area contributed by atoms with Crippen LogP contribution in [0.3, 0.4) is 0 Å². The molecule has 1 heteroatoms. The highest BCUT2D eigenvalue weighted by molar-refractivity contribution is 5.71. The molecule has 142 valence electrons. The summed E-state index contributed by atoms with van der Waals surface area (Å²) in [4.78, 5) is 0. The first-order valence-corrected chi connectivity index (χ1v) is 9.45. The Kier molecular flexibility index (Phi) is 7.78. The summed E-state index contributed by atoms with van der Waals surface area (Å²) in [5, 5.41) is 0. The van der Waals surface area contributed by atoms with Gasteiger partial charge in [-0.05, 0) is 79.2 Å². The average Bonchev–Trinajstić information content (AvgIpc) is 2.67. The fourth-order valence-corrected chi connectivity index (χ4v) is 3.15. The summed E-state index contributed by atoms with van der Waals surface area (Å²) in [6.07, 6.45) is 12.3. The van der Waals surface area contributed by atoms with E-state index in [9.17, 15) is 4.39 Å². The van der Waals surface area contributed by atoms with Crippen LogP contribution in [-0.2, 0) is 6.42 Å². The maximum Gasteiger partial charge on any atom is 0.123 e. The van der Waals surface area contributed by atoms with Crippen molar-refractivity contribution < 1.29 is 4.39 Å². The fourth-order valence-electron chi connectivity index (χ4n) is 3.15. The molecule has 0 spiro atoms. The third-order valence-corrected chi connectivity index (χ3v) is 4.68. The lowest BCUT2D eigenvalue weighted by molar-refractivity contribution is 0.624. The molecule has 0 aliphatic carbocycles. The molecule has 0 radical (unpaired) electrons. The van der Waals surface area contributed by atoms with E-state index in [2.05, 4.69) is 38.2 Å². The van der Waals surface area contributed by atoms with Crippen LogP contribution >= 0.6 is 0 Å². The number of allylic oxidation sites excluding steroid dienone is 6. The summed E-state index contributed by atoms with van der Waals surface area (Å²) >= 11 is 0. The Labute approximate surface area is 168 Å². The van der Waals surface area contributed by atoms with E-state index in [0.717, 1.165) is 58.2 Å². The van der Waals surface area contributed by atoms with E-state index in [-0.39, 0.29) is 5.82 Å². The molecular weight excluding hydrogens is 343 g/mol. The molecule has 2 rings (SSSR count). The van der Waals surface area contributed by atoms with Crippen molar-refractivity contribution in [3.8, 4) is 12.3 Å². The first-order chi connectivity index (χ1) is 13.4. The number of hydrogen-bond donors (Lipinski definition) is 0. The van der Waals surface area contributed by atoms with Gasteiger partial charge in [0.25, 0.3) is 0 Å². The predicted molar refractivity (Wildman–Crippen MR) is 119 cm³/mol. The van der Waals surface area contributed by atoms with E-state index in [4.69, 9.17) is 6.42 Å². The average molecular weight is 371 g/mol. The predicted octanol–water partition coefficient (Wildman–Crippen LogP) is 7.29. The molecule has 0 saturated carbocycles. The third-order valence-electron chi connectivity index (χ3n) is 4.68. The van der Waals surface area contributed by atoms with Gasteiger partial charge in [0, 0.05) is 5.56 Å². The van der Waals surface area contributed by atoms with Crippen molar-refractivity contribution in [2.45, 2.75) is 33.1 Å². The Morgan fingerprint density at radius 1 is 1.07 bits per heavy atom. The largest absolute Gasteiger partial charge is 0.207 e. The summed E-state index contributed by atoms with van der Waals surface area (Å²) in [6, 6.07) is 14.7. The zero-order valence-electron chi connectivity index (χ0n) is 16.8. The topological polar surface area (TPSA) is 0 Å². The van der Waals surface area contributed by atoms with Crippen molar-refractivity contribution in [2.24, 2.45) is 0 Å². The maximum absolute atomic E-state index is 13.3. The molecule has 0 N–H and O–H groups in total. The van der Waals surface area contributed by atoms with E-state index in [1.54, 1.807) is 12.1 Å². The Morgan fingerprint density at radius 2 is 1.82 bits per heavy atom. The summed E-state index contributed by atoms with van der Waals surface area (Å²) in [5.74, 6) is 2.55. The SMILES string of the molecule is C#Cc1ccccc1/C(C)=C/C=C(/C(=C)C)C(=C)CCCc1cccc(F)c1. The number of aryl methyl sites for hydroxylation is 1. The molecule has 0 heterocycles. The highest BCUT2D eigenvalue weighted by Crippen LogP contribution is 2.24. The Morgan fingerprint density at radius 3 is 2.50 bits per heavy atom. The molecule has 28 heavy (non-hydrogen) atoms. The smallest absolute Gasteiger partial charge is 0.123 e. The van der Waals surface area contributed by atoms with Crippen LogP contribution in [0.4, 0.5) is 4.39 Å². The van der Waals surface area contributed by atoms with E-state index in [1.807, 2.05) is 37.3 Å². The van der Waals surface area contributed by atoms with Crippen LogP contribution in [0.15, 0.2) is 90.6 Å². The van der Waals surface area contributed by atoms with Crippen molar-refractivity contribution in [2.75, 3.05) is 0 Å². The molecule has 0 atom stereocenters. The van der Waals surface area contributed by atoms with Crippen molar-refractivity contribution in [3.05, 3.63) is 113 Å². The van der Waals surface area contributed by atoms with Crippen molar-refractivity contribution in [1.29, 1.82) is 0 Å². The lowest BCUT2D eigenvalue weighted by Gasteiger charge is -2.11. The molecule has 0 aromatic heterocycles. The van der Waals surface area contributed by atoms with E-state index in [0.29, 0.717) is 0 Å². The molecule has 0 amide bonds. The Balaban J connectivity index is 2.09. The molecule has 2 aromatic rings. The number of rotatable bonds is 8. The van der Waals surface area contributed by atoms with Crippen LogP contribution in [0, 0.1) is 18.2 Å². The van der Waals surface area contributed by atoms with Gasteiger partial charge in [0.1, 0.15) is 5.82 Å². The molecule has 0 saturated heterocycles. The molecule has 0 unspecified atom stereocenters. The summed E-state index contributed by atoms with van der Waals surface area (Å²) in [7, 11) is 0. The van der Waals surface area contributed by atoms with Gasteiger partial charge in [-0.15, -0.1) is 6.42 Å². The second kappa shape index (κ2) is 10.3. The highest BCUT2D eigenvalue weighted by Gasteiger charge is 2.05. The van der Waals surface area contributed by atoms with Gasteiger partial charge in [0.2, 0.25) is 0 Å². The molecule has 0 aliphatic rings. The van der Waals surface area contributed by atoms with Crippen LogP contribution in [-0.4, -0.2) is 0 Å². The lowest BCUT2D eigenvalue weighted by atomic mass is 9.94. The van der Waals surface area contributed by atoms with Gasteiger partial charge in [0.15, 0.2) is 0 Å². The fraction of sp³-hybridized carbons (Fsp3) is 0.185. The number of terminal acetylenes is 1. The van der Waals surface area contributed by atoms with Crippen molar-refractivity contribution in [1.82, 2.24) is 0 Å². The van der Waals surface area contributed by atoms with Gasteiger partial charge in [-0.2, -0.15) is 0 Å². The van der Waals surface area contributed by atoms with Gasteiger partial charge in [-0.3, -0.25) is 0 Å². The van der Waals surface area contributed by atoms with Crippen LogP contribution in [0.2, 0.25) is 0 Å². The van der Waals surface area contributed by atoms with Gasteiger partial charge in [0.05, 0.1) is 0 Å². The molecule has 0 nitrogen and oxygen atoms in total. The Hall–Kier alpha value is -3.11. The maximum atomic E-state index is 13.3. The summed E-state index contributed by atoms with van der Waals surface area (Å²) in [6.45, 7) is 12.4.